The number of carbonyl (C=O) groups is 1. The highest BCUT2D eigenvalue weighted by Gasteiger charge is 2.20. The minimum Gasteiger partial charge on any atom is -0.334 e. The molecule has 0 unspecified atom stereocenters. The Bertz CT molecular complexity index is 1350. The number of hydrogen-bond donors (Lipinski definition) is 3. The molecule has 2 heterocycles. The van der Waals surface area contributed by atoms with Crippen molar-refractivity contribution in [2.45, 2.75) is 18.4 Å². The summed E-state index contributed by atoms with van der Waals surface area (Å²) in [7, 11) is -3.87. The van der Waals surface area contributed by atoms with Crippen LogP contribution in [0.4, 0.5) is 16.2 Å². The van der Waals surface area contributed by atoms with Crippen LogP contribution in [0.25, 0.3) is 5.69 Å². The van der Waals surface area contributed by atoms with E-state index in [4.69, 9.17) is 0 Å². The Morgan fingerprint density at radius 2 is 1.73 bits per heavy atom. The largest absolute Gasteiger partial charge is 0.334 e. The second kappa shape index (κ2) is 9.53. The topological polar surface area (TPSA) is 118 Å². The second-order valence-corrected chi connectivity index (χ2v) is 8.81. The minimum absolute atomic E-state index is 0.128. The zero-order chi connectivity index (χ0) is 23.3. The lowest BCUT2D eigenvalue weighted by molar-refractivity contribution is 0.251. The van der Waals surface area contributed by atoms with E-state index in [2.05, 4.69) is 25.3 Å². The van der Waals surface area contributed by atoms with Gasteiger partial charge in [-0.1, -0.05) is 18.2 Å². The summed E-state index contributed by atoms with van der Waals surface area (Å²) in [6, 6.07) is 16.4. The summed E-state index contributed by atoms with van der Waals surface area (Å²) >= 11 is 0. The molecule has 10 heteroatoms. The van der Waals surface area contributed by atoms with Gasteiger partial charge in [0.05, 0.1) is 5.69 Å². The Morgan fingerprint density at radius 1 is 0.970 bits per heavy atom. The van der Waals surface area contributed by atoms with Crippen LogP contribution >= 0.6 is 0 Å². The number of benzene rings is 2. The number of imidazole rings is 1. The van der Waals surface area contributed by atoms with Gasteiger partial charge in [-0.05, 0) is 55.0 Å². The SMILES string of the molecule is Cc1nccn1-c1ccccc1S(=O)(=O)Nc1ccc(NC(=O)NCc2cccnc2)cc1. The van der Waals surface area contributed by atoms with E-state index in [1.165, 1.54) is 0 Å². The van der Waals surface area contributed by atoms with Gasteiger partial charge in [0, 0.05) is 42.7 Å². The summed E-state index contributed by atoms with van der Waals surface area (Å²) in [5, 5.41) is 5.45. The molecule has 0 saturated heterocycles. The molecule has 2 aromatic carbocycles. The van der Waals surface area contributed by atoms with Crippen molar-refractivity contribution in [1.82, 2.24) is 19.9 Å². The molecule has 0 saturated carbocycles. The third-order valence-electron chi connectivity index (χ3n) is 4.81. The van der Waals surface area contributed by atoms with Crippen LogP contribution in [0.3, 0.4) is 0 Å². The molecule has 0 radical (unpaired) electrons. The molecule has 3 N–H and O–H groups in total. The first-order valence-electron chi connectivity index (χ1n) is 10.1. The molecule has 4 aromatic rings. The van der Waals surface area contributed by atoms with Crippen LogP contribution in [0.1, 0.15) is 11.4 Å². The minimum atomic E-state index is -3.87. The van der Waals surface area contributed by atoms with Crippen LogP contribution in [-0.2, 0) is 16.6 Å². The molecule has 2 aromatic heterocycles. The maximum atomic E-state index is 13.1. The van der Waals surface area contributed by atoms with Crippen LogP contribution in [0, 0.1) is 6.92 Å². The zero-order valence-electron chi connectivity index (χ0n) is 17.8. The van der Waals surface area contributed by atoms with Crippen LogP contribution in [0.2, 0.25) is 0 Å². The van der Waals surface area contributed by atoms with Gasteiger partial charge in [0.25, 0.3) is 10.0 Å². The van der Waals surface area contributed by atoms with E-state index >= 15 is 0 Å². The molecular weight excluding hydrogens is 440 g/mol. The van der Waals surface area contributed by atoms with Crippen molar-refractivity contribution in [2.75, 3.05) is 10.0 Å². The summed E-state index contributed by atoms with van der Waals surface area (Å²) < 4.78 is 30.5. The van der Waals surface area contributed by atoms with E-state index < -0.39 is 10.0 Å². The number of aromatic nitrogens is 3. The monoisotopic (exact) mass is 462 g/mol. The number of amides is 2. The van der Waals surface area contributed by atoms with Gasteiger partial charge in [-0.3, -0.25) is 9.71 Å². The van der Waals surface area contributed by atoms with Crippen molar-refractivity contribution in [3.05, 3.63) is 96.8 Å². The van der Waals surface area contributed by atoms with Crippen LogP contribution in [-0.4, -0.2) is 29.0 Å². The smallest absolute Gasteiger partial charge is 0.319 e. The van der Waals surface area contributed by atoms with E-state index in [1.54, 1.807) is 90.9 Å². The van der Waals surface area contributed by atoms with Gasteiger partial charge in [-0.15, -0.1) is 0 Å². The third kappa shape index (κ3) is 5.36. The molecular formula is C23H22N6O3S. The van der Waals surface area contributed by atoms with Crippen LogP contribution in [0.5, 0.6) is 0 Å². The number of para-hydroxylation sites is 1. The number of hydrogen-bond acceptors (Lipinski definition) is 5. The number of pyridine rings is 1. The lowest BCUT2D eigenvalue weighted by atomic mass is 10.3. The fourth-order valence-electron chi connectivity index (χ4n) is 3.21. The van der Waals surface area contributed by atoms with E-state index in [0.29, 0.717) is 29.4 Å². The maximum absolute atomic E-state index is 13.1. The summed E-state index contributed by atoms with van der Waals surface area (Å²) in [6.07, 6.45) is 6.67. The maximum Gasteiger partial charge on any atom is 0.319 e. The van der Waals surface area contributed by atoms with E-state index in [-0.39, 0.29) is 10.9 Å². The first-order chi connectivity index (χ1) is 15.9. The molecule has 0 fully saturated rings. The number of aryl methyl sites for hydroxylation is 1. The Hall–Kier alpha value is -4.18. The quantitative estimate of drug-likeness (QED) is 0.387. The van der Waals surface area contributed by atoms with Gasteiger partial charge < -0.3 is 15.2 Å². The van der Waals surface area contributed by atoms with Gasteiger partial charge in [0.1, 0.15) is 10.7 Å². The Kier molecular flexibility index (Phi) is 6.36. The molecule has 33 heavy (non-hydrogen) atoms. The first-order valence-corrected chi connectivity index (χ1v) is 11.6. The average molecular weight is 463 g/mol. The number of urea groups is 1. The second-order valence-electron chi connectivity index (χ2n) is 7.16. The van der Waals surface area contributed by atoms with Crippen molar-refractivity contribution in [3.63, 3.8) is 0 Å². The van der Waals surface area contributed by atoms with Gasteiger partial charge in [-0.25, -0.2) is 18.2 Å². The average Bonchev–Trinajstić information content (AvgIpc) is 3.25. The summed E-state index contributed by atoms with van der Waals surface area (Å²) in [4.78, 5) is 20.4. The van der Waals surface area contributed by atoms with E-state index in [1.807, 2.05) is 6.07 Å². The molecule has 0 aliphatic heterocycles. The van der Waals surface area contributed by atoms with Gasteiger partial charge >= 0.3 is 6.03 Å². The third-order valence-corrected chi connectivity index (χ3v) is 6.24. The predicted octanol–water partition coefficient (Wildman–Crippen LogP) is 3.70. The van der Waals surface area contributed by atoms with Crippen molar-refractivity contribution >= 4 is 27.4 Å². The fourth-order valence-corrected chi connectivity index (χ4v) is 4.46. The Labute approximate surface area is 191 Å². The molecule has 168 valence electrons. The lowest BCUT2D eigenvalue weighted by Gasteiger charge is -2.14. The Balaban J connectivity index is 1.43. The molecule has 0 spiro atoms. The van der Waals surface area contributed by atoms with Crippen molar-refractivity contribution < 1.29 is 13.2 Å². The van der Waals surface area contributed by atoms with Gasteiger partial charge in [0.15, 0.2) is 0 Å². The highest BCUT2D eigenvalue weighted by molar-refractivity contribution is 7.92. The van der Waals surface area contributed by atoms with Crippen molar-refractivity contribution in [3.8, 4) is 5.69 Å². The highest BCUT2D eigenvalue weighted by Crippen LogP contribution is 2.24. The van der Waals surface area contributed by atoms with E-state index in [9.17, 15) is 13.2 Å². The highest BCUT2D eigenvalue weighted by atomic mass is 32.2. The lowest BCUT2D eigenvalue weighted by Crippen LogP contribution is -2.28. The number of anilines is 2. The number of nitrogens with one attached hydrogen (secondary N) is 3. The predicted molar refractivity (Wildman–Crippen MR) is 126 cm³/mol. The van der Waals surface area contributed by atoms with Crippen LogP contribution < -0.4 is 15.4 Å². The summed E-state index contributed by atoms with van der Waals surface area (Å²) in [5.41, 5.74) is 2.27. The summed E-state index contributed by atoms with van der Waals surface area (Å²) in [6.45, 7) is 2.14. The molecule has 9 nitrogen and oxygen atoms in total. The zero-order valence-corrected chi connectivity index (χ0v) is 18.6. The van der Waals surface area contributed by atoms with Crippen LogP contribution in [0.15, 0.2) is 90.3 Å². The number of nitrogens with zero attached hydrogens (tertiary/aromatic N) is 3. The molecule has 4 rings (SSSR count). The van der Waals surface area contributed by atoms with E-state index in [0.717, 1.165) is 5.56 Å². The first kappa shape index (κ1) is 22.0. The number of carbonyl (C=O) groups excluding carboxylic acids is 1. The normalized spacial score (nSPS) is 11.1. The number of rotatable bonds is 7. The molecule has 2 amide bonds. The Morgan fingerprint density at radius 3 is 2.42 bits per heavy atom. The molecule has 0 aliphatic rings. The fraction of sp³-hybridized carbons (Fsp3) is 0.0870. The molecule has 0 bridgehead atoms. The van der Waals surface area contributed by atoms with Gasteiger partial charge in [0.2, 0.25) is 0 Å². The summed E-state index contributed by atoms with van der Waals surface area (Å²) in [5.74, 6) is 0.676. The molecule has 0 aliphatic carbocycles. The number of sulfonamides is 1. The van der Waals surface area contributed by atoms with Gasteiger partial charge in [-0.2, -0.15) is 0 Å². The standard InChI is InChI=1S/C23H22N6O3S/c1-17-25-13-14-29(17)21-6-2-3-7-22(21)33(31,32)28-20-10-8-19(9-11-20)27-23(30)26-16-18-5-4-12-24-15-18/h2-15,28H,16H2,1H3,(H2,26,27,30). The van der Waals surface area contributed by atoms with Crippen molar-refractivity contribution in [2.24, 2.45) is 0 Å². The van der Waals surface area contributed by atoms with Crippen molar-refractivity contribution in [1.29, 1.82) is 0 Å². The molecule has 0 atom stereocenters.